The topological polar surface area (TPSA) is 55.0 Å². The van der Waals surface area contributed by atoms with E-state index < -0.39 is 0 Å². The van der Waals surface area contributed by atoms with E-state index in [1.807, 2.05) is 12.1 Å². The first-order chi connectivity index (χ1) is 7.40. The van der Waals surface area contributed by atoms with Gasteiger partial charge < -0.3 is 10.6 Å². The molecule has 0 radical (unpaired) electrons. The molecule has 0 spiro atoms. The minimum absolute atomic E-state index is 0.466. The highest BCUT2D eigenvalue weighted by molar-refractivity contribution is 5.37. The summed E-state index contributed by atoms with van der Waals surface area (Å²) in [5.41, 5.74) is 6.34. The Kier molecular flexibility index (Phi) is 3.50. The van der Waals surface area contributed by atoms with E-state index in [9.17, 15) is 0 Å². The number of nitrogens with zero attached hydrogens (tertiary/aromatic N) is 3. The van der Waals surface area contributed by atoms with Crippen LogP contribution in [0.1, 0.15) is 31.4 Å². The quantitative estimate of drug-likeness (QED) is 0.792. The first-order valence-corrected chi connectivity index (χ1v) is 5.68. The van der Waals surface area contributed by atoms with Gasteiger partial charge >= 0.3 is 0 Å². The summed E-state index contributed by atoms with van der Waals surface area (Å²) in [7, 11) is 0. The number of rotatable bonds is 2. The molecule has 0 aliphatic carbocycles. The van der Waals surface area contributed by atoms with Crippen molar-refractivity contribution in [2.75, 3.05) is 18.0 Å². The van der Waals surface area contributed by atoms with Gasteiger partial charge in [0.05, 0.1) is 5.69 Å². The molecule has 4 nitrogen and oxygen atoms in total. The summed E-state index contributed by atoms with van der Waals surface area (Å²) in [6.07, 6.45) is 5.20. The minimum Gasteiger partial charge on any atom is -0.355 e. The fraction of sp³-hybridized carbons (Fsp3) is 0.636. The summed E-state index contributed by atoms with van der Waals surface area (Å²) >= 11 is 0. The Hall–Kier alpha value is -1.16. The zero-order valence-electron chi connectivity index (χ0n) is 9.02. The standard InChI is InChI=1S/C11H18N4/c12-9-10-5-6-11(14-13-10)15-7-3-1-2-4-8-15/h5-6H,1-4,7-9,12H2. The summed E-state index contributed by atoms with van der Waals surface area (Å²) in [5.74, 6) is 0.995. The summed E-state index contributed by atoms with van der Waals surface area (Å²) in [5, 5.41) is 8.30. The van der Waals surface area contributed by atoms with Crippen LogP contribution in [0.25, 0.3) is 0 Å². The molecule has 2 heterocycles. The van der Waals surface area contributed by atoms with Crippen molar-refractivity contribution in [3.63, 3.8) is 0 Å². The Labute approximate surface area is 90.5 Å². The molecule has 0 bridgehead atoms. The van der Waals surface area contributed by atoms with Crippen molar-refractivity contribution in [3.8, 4) is 0 Å². The molecule has 1 fully saturated rings. The molecule has 0 atom stereocenters. The van der Waals surface area contributed by atoms with Crippen LogP contribution in [-0.4, -0.2) is 23.3 Å². The molecule has 82 valence electrons. The second kappa shape index (κ2) is 5.07. The van der Waals surface area contributed by atoms with Gasteiger partial charge in [-0.1, -0.05) is 12.8 Å². The van der Waals surface area contributed by atoms with Crippen molar-refractivity contribution >= 4 is 5.82 Å². The smallest absolute Gasteiger partial charge is 0.151 e. The van der Waals surface area contributed by atoms with E-state index in [0.717, 1.165) is 24.6 Å². The van der Waals surface area contributed by atoms with Gasteiger partial charge in [-0.3, -0.25) is 0 Å². The van der Waals surface area contributed by atoms with Crippen LogP contribution >= 0.6 is 0 Å². The van der Waals surface area contributed by atoms with Gasteiger partial charge in [-0.15, -0.1) is 5.10 Å². The zero-order chi connectivity index (χ0) is 10.5. The molecule has 0 saturated carbocycles. The number of nitrogens with two attached hydrogens (primary N) is 1. The predicted octanol–water partition coefficient (Wildman–Crippen LogP) is 1.32. The lowest BCUT2D eigenvalue weighted by Gasteiger charge is -2.20. The van der Waals surface area contributed by atoms with E-state index in [0.29, 0.717) is 6.54 Å². The Balaban J connectivity index is 2.06. The Morgan fingerprint density at radius 1 is 1.07 bits per heavy atom. The molecule has 2 rings (SSSR count). The molecular weight excluding hydrogens is 188 g/mol. The van der Waals surface area contributed by atoms with Gasteiger partial charge in [0.25, 0.3) is 0 Å². The molecule has 15 heavy (non-hydrogen) atoms. The van der Waals surface area contributed by atoms with Crippen LogP contribution in [0, 0.1) is 0 Å². The van der Waals surface area contributed by atoms with Crippen LogP contribution in [0.15, 0.2) is 12.1 Å². The van der Waals surface area contributed by atoms with Gasteiger partial charge in [-0.05, 0) is 25.0 Å². The first kappa shape index (κ1) is 10.4. The van der Waals surface area contributed by atoms with E-state index in [4.69, 9.17) is 5.73 Å². The van der Waals surface area contributed by atoms with Crippen LogP contribution in [-0.2, 0) is 6.54 Å². The van der Waals surface area contributed by atoms with Crippen molar-refractivity contribution in [2.45, 2.75) is 32.2 Å². The maximum Gasteiger partial charge on any atom is 0.151 e. The highest BCUT2D eigenvalue weighted by Gasteiger charge is 2.10. The van der Waals surface area contributed by atoms with Gasteiger partial charge in [-0.25, -0.2) is 0 Å². The zero-order valence-corrected chi connectivity index (χ0v) is 9.02. The third-order valence-corrected chi connectivity index (χ3v) is 2.84. The third-order valence-electron chi connectivity index (χ3n) is 2.84. The normalized spacial score (nSPS) is 17.5. The van der Waals surface area contributed by atoms with E-state index in [-0.39, 0.29) is 0 Å². The molecule has 4 heteroatoms. The SMILES string of the molecule is NCc1ccc(N2CCCCCC2)nn1. The average Bonchev–Trinajstić information content (AvgIpc) is 2.58. The first-order valence-electron chi connectivity index (χ1n) is 5.68. The maximum absolute atomic E-state index is 5.49. The third kappa shape index (κ3) is 2.65. The Morgan fingerprint density at radius 2 is 1.80 bits per heavy atom. The number of aromatic nitrogens is 2. The molecule has 1 aromatic heterocycles. The summed E-state index contributed by atoms with van der Waals surface area (Å²) < 4.78 is 0. The Morgan fingerprint density at radius 3 is 2.33 bits per heavy atom. The highest BCUT2D eigenvalue weighted by Crippen LogP contribution is 2.16. The largest absolute Gasteiger partial charge is 0.355 e. The van der Waals surface area contributed by atoms with Crippen LogP contribution in [0.2, 0.25) is 0 Å². The lowest BCUT2D eigenvalue weighted by atomic mass is 10.2. The lowest BCUT2D eigenvalue weighted by molar-refractivity contribution is 0.726. The second-order valence-corrected chi connectivity index (χ2v) is 3.99. The average molecular weight is 206 g/mol. The molecular formula is C11H18N4. The van der Waals surface area contributed by atoms with E-state index >= 15 is 0 Å². The molecule has 2 N–H and O–H groups in total. The molecule has 1 saturated heterocycles. The van der Waals surface area contributed by atoms with Gasteiger partial charge in [0.1, 0.15) is 0 Å². The lowest BCUT2D eigenvalue weighted by Crippen LogP contribution is -2.25. The fourth-order valence-electron chi connectivity index (χ4n) is 1.93. The number of anilines is 1. The highest BCUT2D eigenvalue weighted by atomic mass is 15.3. The van der Waals surface area contributed by atoms with Crippen molar-refractivity contribution in [1.82, 2.24) is 10.2 Å². The monoisotopic (exact) mass is 206 g/mol. The predicted molar refractivity (Wildman–Crippen MR) is 60.6 cm³/mol. The van der Waals surface area contributed by atoms with Crippen LogP contribution < -0.4 is 10.6 Å². The maximum atomic E-state index is 5.49. The molecule has 0 aromatic carbocycles. The van der Waals surface area contributed by atoms with Crippen molar-refractivity contribution in [1.29, 1.82) is 0 Å². The minimum atomic E-state index is 0.466. The van der Waals surface area contributed by atoms with Crippen LogP contribution in [0.5, 0.6) is 0 Å². The van der Waals surface area contributed by atoms with Crippen LogP contribution in [0.3, 0.4) is 0 Å². The van der Waals surface area contributed by atoms with Crippen molar-refractivity contribution in [2.24, 2.45) is 5.73 Å². The van der Waals surface area contributed by atoms with Crippen molar-refractivity contribution in [3.05, 3.63) is 17.8 Å². The molecule has 1 aromatic rings. The second-order valence-electron chi connectivity index (χ2n) is 3.99. The van der Waals surface area contributed by atoms with Gasteiger partial charge in [0.2, 0.25) is 0 Å². The molecule has 0 amide bonds. The summed E-state index contributed by atoms with van der Waals surface area (Å²) in [6.45, 7) is 2.68. The molecule has 0 unspecified atom stereocenters. The summed E-state index contributed by atoms with van der Waals surface area (Å²) in [6, 6.07) is 3.99. The van der Waals surface area contributed by atoms with E-state index in [1.54, 1.807) is 0 Å². The van der Waals surface area contributed by atoms with E-state index in [2.05, 4.69) is 15.1 Å². The van der Waals surface area contributed by atoms with E-state index in [1.165, 1.54) is 25.7 Å². The molecule has 1 aliphatic heterocycles. The molecule has 1 aliphatic rings. The number of hydrogen-bond acceptors (Lipinski definition) is 4. The number of hydrogen-bond donors (Lipinski definition) is 1. The van der Waals surface area contributed by atoms with Gasteiger partial charge in [0, 0.05) is 19.6 Å². The van der Waals surface area contributed by atoms with Crippen LogP contribution in [0.4, 0.5) is 5.82 Å². The van der Waals surface area contributed by atoms with Gasteiger partial charge in [0.15, 0.2) is 5.82 Å². The van der Waals surface area contributed by atoms with Gasteiger partial charge in [-0.2, -0.15) is 5.10 Å². The fourth-order valence-corrected chi connectivity index (χ4v) is 1.93. The summed E-state index contributed by atoms with van der Waals surface area (Å²) in [4.78, 5) is 2.32. The van der Waals surface area contributed by atoms with Crippen molar-refractivity contribution < 1.29 is 0 Å². The Bertz CT molecular complexity index is 288.